The van der Waals surface area contributed by atoms with Gasteiger partial charge < -0.3 is 14.5 Å². The largest absolute Gasteiger partial charge is 0.497 e. The Hall–Kier alpha value is -2.34. The summed E-state index contributed by atoms with van der Waals surface area (Å²) in [5, 5.41) is 1.13. The van der Waals surface area contributed by atoms with Crippen LogP contribution in [-0.4, -0.2) is 55.0 Å². The number of H-pyrrole nitrogens is 1. The van der Waals surface area contributed by atoms with Crippen molar-refractivity contribution in [3.63, 3.8) is 0 Å². The molecule has 4 heterocycles. The molecule has 3 aliphatic heterocycles. The molecule has 6 nitrogen and oxygen atoms in total. The van der Waals surface area contributed by atoms with Gasteiger partial charge in [-0.1, -0.05) is 0 Å². The van der Waals surface area contributed by atoms with Crippen molar-refractivity contribution in [3.8, 4) is 5.75 Å². The third kappa shape index (κ3) is 2.18. The number of aromatic nitrogens is 1. The highest BCUT2D eigenvalue weighted by atomic mass is 16.5. The highest BCUT2D eigenvalue weighted by Crippen LogP contribution is 2.55. The van der Waals surface area contributed by atoms with E-state index in [1.54, 1.807) is 14.0 Å². The van der Waals surface area contributed by atoms with Crippen molar-refractivity contribution in [2.45, 2.75) is 37.6 Å². The normalized spacial score (nSPS) is 33.2. The molecule has 4 bridgehead atoms. The number of fused-ring (bicyclic) bond motifs is 4. The number of rotatable bonds is 3. The lowest BCUT2D eigenvalue weighted by atomic mass is 9.56. The monoisotopic (exact) mass is 382 g/mol. The maximum Gasteiger partial charge on any atom is 0.319 e. The molecule has 1 N–H and O–H groups in total. The number of esters is 1. The van der Waals surface area contributed by atoms with Gasteiger partial charge in [0.25, 0.3) is 0 Å². The van der Waals surface area contributed by atoms with Gasteiger partial charge in [-0.15, -0.1) is 0 Å². The maximum atomic E-state index is 13.4. The first-order chi connectivity index (χ1) is 13.5. The molecule has 1 aromatic carbocycles. The summed E-state index contributed by atoms with van der Waals surface area (Å²) < 4.78 is 10.8. The summed E-state index contributed by atoms with van der Waals surface area (Å²) in [6.45, 7) is 3.49. The second kappa shape index (κ2) is 6.08. The van der Waals surface area contributed by atoms with Gasteiger partial charge in [-0.2, -0.15) is 0 Å². The van der Waals surface area contributed by atoms with E-state index in [4.69, 9.17) is 9.47 Å². The highest BCUT2D eigenvalue weighted by molar-refractivity contribution is 5.93. The van der Waals surface area contributed by atoms with Crippen LogP contribution >= 0.6 is 0 Å². The molecule has 1 unspecified atom stereocenters. The van der Waals surface area contributed by atoms with Crippen LogP contribution in [0.2, 0.25) is 0 Å². The Balaban J connectivity index is 1.79. The molecule has 6 heteroatoms. The summed E-state index contributed by atoms with van der Waals surface area (Å²) in [4.78, 5) is 31.9. The van der Waals surface area contributed by atoms with Crippen LogP contribution in [0.5, 0.6) is 5.75 Å². The number of piperidine rings is 2. The van der Waals surface area contributed by atoms with E-state index in [9.17, 15) is 9.59 Å². The number of carbonyl (C=O) groups excluding carboxylic acids is 2. The van der Waals surface area contributed by atoms with Gasteiger partial charge >= 0.3 is 5.97 Å². The second-order valence-corrected chi connectivity index (χ2v) is 8.57. The number of Topliss-reactive ketones (excluding diaryl/α,β-unsaturated/α-hetero) is 1. The SMILES string of the molecule is COC(=O)[C@@]12C[C@H]3C[C@H](C(C)=O)[C@@H]1N(CCc1c2[nH]c2cc(OC)ccc12)C3. The minimum atomic E-state index is -0.815. The summed E-state index contributed by atoms with van der Waals surface area (Å²) in [7, 11) is 3.11. The molecular formula is C22H26N2O4. The van der Waals surface area contributed by atoms with Crippen LogP contribution in [0.4, 0.5) is 0 Å². The number of nitrogens with one attached hydrogen (secondary N) is 1. The Morgan fingerprint density at radius 3 is 2.82 bits per heavy atom. The molecule has 28 heavy (non-hydrogen) atoms. The van der Waals surface area contributed by atoms with Crippen LogP contribution in [0, 0.1) is 11.8 Å². The van der Waals surface area contributed by atoms with E-state index in [1.807, 2.05) is 12.1 Å². The Morgan fingerprint density at radius 1 is 1.29 bits per heavy atom. The maximum absolute atomic E-state index is 13.4. The van der Waals surface area contributed by atoms with Gasteiger partial charge in [0, 0.05) is 47.7 Å². The van der Waals surface area contributed by atoms with Crippen molar-refractivity contribution in [2.24, 2.45) is 11.8 Å². The van der Waals surface area contributed by atoms with Crippen molar-refractivity contribution in [2.75, 3.05) is 27.3 Å². The molecule has 1 saturated carbocycles. The van der Waals surface area contributed by atoms with Gasteiger partial charge in [-0.25, -0.2) is 0 Å². The van der Waals surface area contributed by atoms with E-state index in [0.717, 1.165) is 54.7 Å². The molecule has 4 aliphatic rings. The Kier molecular flexibility index (Phi) is 3.85. The van der Waals surface area contributed by atoms with Crippen LogP contribution in [0.1, 0.15) is 31.0 Å². The fourth-order valence-electron chi connectivity index (χ4n) is 6.26. The fourth-order valence-corrected chi connectivity index (χ4v) is 6.26. The third-order valence-electron chi connectivity index (χ3n) is 7.25. The lowest BCUT2D eigenvalue weighted by Crippen LogP contribution is -2.68. The zero-order chi connectivity index (χ0) is 19.6. The van der Waals surface area contributed by atoms with Crippen LogP contribution in [0.3, 0.4) is 0 Å². The van der Waals surface area contributed by atoms with Crippen molar-refractivity contribution in [3.05, 3.63) is 29.5 Å². The number of nitrogens with zero attached hydrogens (tertiary/aromatic N) is 1. The van der Waals surface area contributed by atoms with E-state index in [1.165, 1.54) is 12.7 Å². The molecule has 0 spiro atoms. The van der Waals surface area contributed by atoms with Crippen LogP contribution in [0.25, 0.3) is 10.9 Å². The Bertz CT molecular complexity index is 980. The van der Waals surface area contributed by atoms with Gasteiger partial charge in [0.1, 0.15) is 16.9 Å². The first-order valence-electron chi connectivity index (χ1n) is 10.0. The molecule has 0 radical (unpaired) electrons. The van der Waals surface area contributed by atoms with Gasteiger partial charge in [-0.05, 0) is 49.8 Å². The van der Waals surface area contributed by atoms with Gasteiger partial charge in [0.15, 0.2) is 0 Å². The quantitative estimate of drug-likeness (QED) is 0.826. The number of benzene rings is 1. The molecule has 3 fully saturated rings. The summed E-state index contributed by atoms with van der Waals surface area (Å²) in [5.74, 6) is 0.932. The first kappa shape index (κ1) is 17.7. The highest BCUT2D eigenvalue weighted by Gasteiger charge is 2.63. The molecule has 1 aliphatic carbocycles. The summed E-state index contributed by atoms with van der Waals surface area (Å²) in [6.07, 6.45) is 2.47. The molecule has 148 valence electrons. The minimum absolute atomic E-state index is 0.126. The van der Waals surface area contributed by atoms with Gasteiger partial charge in [0.2, 0.25) is 0 Å². The number of aromatic amines is 1. The zero-order valence-corrected chi connectivity index (χ0v) is 16.6. The van der Waals surface area contributed by atoms with E-state index < -0.39 is 5.41 Å². The summed E-state index contributed by atoms with van der Waals surface area (Å²) >= 11 is 0. The van der Waals surface area contributed by atoms with Crippen molar-refractivity contribution in [1.82, 2.24) is 9.88 Å². The molecular weight excluding hydrogens is 356 g/mol. The average Bonchev–Trinajstić information content (AvgIpc) is 3.04. The molecule has 2 saturated heterocycles. The molecule has 5 atom stereocenters. The standard InChI is InChI=1S/C22H26N2O4/c1-12(25)17-8-13-10-22(21(26)28-3)19-16(6-7-24(11-13)20(17)22)15-5-4-14(27-2)9-18(15)23-19/h4-5,9,13,17,20,23H,6-8,10-11H2,1-3H3/t13-,17-,20+,22-/m1/s1. The van der Waals surface area contributed by atoms with Crippen LogP contribution < -0.4 is 4.74 Å². The van der Waals surface area contributed by atoms with E-state index in [2.05, 4.69) is 16.0 Å². The predicted octanol–water partition coefficient (Wildman–Crippen LogP) is 2.44. The topological polar surface area (TPSA) is 71.6 Å². The van der Waals surface area contributed by atoms with Gasteiger partial charge in [-0.3, -0.25) is 14.5 Å². The van der Waals surface area contributed by atoms with E-state index in [0.29, 0.717) is 5.92 Å². The lowest BCUT2D eigenvalue weighted by Gasteiger charge is -2.57. The Morgan fingerprint density at radius 2 is 2.11 bits per heavy atom. The number of ketones is 1. The number of hydrogen-bond donors (Lipinski definition) is 1. The summed E-state index contributed by atoms with van der Waals surface area (Å²) in [6, 6.07) is 5.87. The van der Waals surface area contributed by atoms with Gasteiger partial charge in [0.05, 0.1) is 14.2 Å². The minimum Gasteiger partial charge on any atom is -0.497 e. The second-order valence-electron chi connectivity index (χ2n) is 8.57. The number of ether oxygens (including phenoxy) is 2. The molecule has 6 rings (SSSR count). The van der Waals surface area contributed by atoms with Crippen LogP contribution in [-0.2, 0) is 26.2 Å². The zero-order valence-electron chi connectivity index (χ0n) is 16.6. The summed E-state index contributed by atoms with van der Waals surface area (Å²) in [5.41, 5.74) is 2.29. The smallest absolute Gasteiger partial charge is 0.319 e. The molecule has 2 aromatic rings. The van der Waals surface area contributed by atoms with E-state index in [-0.39, 0.29) is 23.7 Å². The molecule has 1 aromatic heterocycles. The number of carbonyl (C=O) groups is 2. The van der Waals surface area contributed by atoms with Crippen molar-refractivity contribution < 1.29 is 19.1 Å². The predicted molar refractivity (Wildman–Crippen MR) is 105 cm³/mol. The van der Waals surface area contributed by atoms with E-state index >= 15 is 0 Å². The Labute approximate surface area is 164 Å². The number of hydrogen-bond acceptors (Lipinski definition) is 5. The average molecular weight is 382 g/mol. The lowest BCUT2D eigenvalue weighted by molar-refractivity contribution is -0.163. The van der Waals surface area contributed by atoms with Crippen LogP contribution in [0.15, 0.2) is 18.2 Å². The third-order valence-corrected chi connectivity index (χ3v) is 7.25. The van der Waals surface area contributed by atoms with Crippen molar-refractivity contribution >= 4 is 22.7 Å². The number of methoxy groups -OCH3 is 2. The first-order valence-corrected chi connectivity index (χ1v) is 10.0. The fraction of sp³-hybridized carbons (Fsp3) is 0.545. The van der Waals surface area contributed by atoms with Crippen molar-refractivity contribution in [1.29, 1.82) is 0 Å². The molecule has 0 amide bonds.